The monoisotopic (exact) mass is 429 g/mol. The molecule has 6 rings (SSSR count). The Kier molecular flexibility index (Phi) is 5.53. The van der Waals surface area contributed by atoms with Crippen LogP contribution in [-0.2, 0) is 6.54 Å². The molecule has 3 atom stereocenters. The second-order valence-electron chi connectivity index (χ2n) is 9.09. The minimum Gasteiger partial charge on any atom is -0.345 e. The van der Waals surface area contributed by atoms with Crippen LogP contribution >= 0.6 is 0 Å². The summed E-state index contributed by atoms with van der Waals surface area (Å²) in [5.41, 5.74) is 4.97. The fourth-order valence-corrected chi connectivity index (χ4v) is 5.06. The third kappa shape index (κ3) is 3.94. The van der Waals surface area contributed by atoms with Crippen molar-refractivity contribution in [2.24, 2.45) is 0 Å². The number of carbonyl (C=O) groups excluding carboxylic acids is 1. The van der Waals surface area contributed by atoms with Gasteiger partial charge in [0.1, 0.15) is 5.82 Å². The SMILES string of the molecule is CN(C)C(=O)c1cccc(-c2ccc(C3[C@@H]4CN(Cc5ccccc5F)C[C@H]3N4)cc2)c1. The van der Waals surface area contributed by atoms with Gasteiger partial charge in [0.2, 0.25) is 0 Å². The van der Waals surface area contributed by atoms with Crippen molar-refractivity contribution in [1.82, 2.24) is 15.1 Å². The molecule has 0 spiro atoms. The molecule has 3 saturated heterocycles. The van der Waals surface area contributed by atoms with Crippen LogP contribution in [0.2, 0.25) is 0 Å². The van der Waals surface area contributed by atoms with Gasteiger partial charge in [0.15, 0.2) is 0 Å². The van der Waals surface area contributed by atoms with E-state index in [9.17, 15) is 9.18 Å². The van der Waals surface area contributed by atoms with Gasteiger partial charge in [0.05, 0.1) is 0 Å². The minimum absolute atomic E-state index is 0.0109. The maximum Gasteiger partial charge on any atom is 0.253 e. The van der Waals surface area contributed by atoms with Crippen LogP contribution in [0.1, 0.15) is 27.4 Å². The number of piperidine rings is 1. The van der Waals surface area contributed by atoms with Gasteiger partial charge in [0, 0.05) is 62.9 Å². The van der Waals surface area contributed by atoms with Crippen molar-refractivity contribution in [3.05, 3.63) is 95.3 Å². The second-order valence-corrected chi connectivity index (χ2v) is 9.09. The smallest absolute Gasteiger partial charge is 0.253 e. The molecule has 0 saturated carbocycles. The third-order valence-electron chi connectivity index (χ3n) is 6.70. The number of halogens is 1. The Morgan fingerprint density at radius 1 is 0.969 bits per heavy atom. The standard InChI is InChI=1S/C27H28FN3O/c1-30(2)27(32)21-8-5-7-20(14-21)18-10-12-19(13-11-18)26-24-16-31(17-25(26)29-24)15-22-6-3-4-9-23(22)28/h3-14,24-26,29H,15-17H2,1-2H3/t24-,25+,26?. The van der Waals surface area contributed by atoms with Gasteiger partial charge in [-0.05, 0) is 34.9 Å². The summed E-state index contributed by atoms with van der Waals surface area (Å²) in [4.78, 5) is 16.2. The topological polar surface area (TPSA) is 35.6 Å². The number of hydrogen-bond acceptors (Lipinski definition) is 3. The highest BCUT2D eigenvalue weighted by atomic mass is 19.1. The van der Waals surface area contributed by atoms with E-state index in [4.69, 9.17) is 0 Å². The largest absolute Gasteiger partial charge is 0.345 e. The van der Waals surface area contributed by atoms with E-state index in [1.165, 1.54) is 11.6 Å². The van der Waals surface area contributed by atoms with E-state index in [1.807, 2.05) is 36.4 Å². The van der Waals surface area contributed by atoms with E-state index in [0.29, 0.717) is 30.1 Å². The van der Waals surface area contributed by atoms with E-state index in [2.05, 4.69) is 34.5 Å². The number of nitrogens with one attached hydrogen (secondary N) is 1. The van der Waals surface area contributed by atoms with E-state index in [0.717, 1.165) is 29.8 Å². The Hall–Kier alpha value is -3.02. The van der Waals surface area contributed by atoms with Crippen LogP contribution in [0.4, 0.5) is 4.39 Å². The first-order valence-electron chi connectivity index (χ1n) is 11.1. The summed E-state index contributed by atoms with van der Waals surface area (Å²) in [5.74, 6) is 0.377. The molecule has 2 bridgehead atoms. The van der Waals surface area contributed by atoms with Crippen molar-refractivity contribution in [3.8, 4) is 11.1 Å². The highest BCUT2D eigenvalue weighted by Gasteiger charge is 2.46. The van der Waals surface area contributed by atoms with Gasteiger partial charge in [-0.3, -0.25) is 9.69 Å². The lowest BCUT2D eigenvalue weighted by atomic mass is 9.74. The zero-order chi connectivity index (χ0) is 22.2. The van der Waals surface area contributed by atoms with Crippen LogP contribution in [0, 0.1) is 5.82 Å². The maximum absolute atomic E-state index is 14.0. The number of piperazine rings is 1. The molecule has 3 aliphatic heterocycles. The summed E-state index contributed by atoms with van der Waals surface area (Å²) in [6.45, 7) is 2.51. The summed E-state index contributed by atoms with van der Waals surface area (Å²) < 4.78 is 14.0. The Morgan fingerprint density at radius 3 is 2.38 bits per heavy atom. The van der Waals surface area contributed by atoms with E-state index in [-0.39, 0.29) is 11.7 Å². The van der Waals surface area contributed by atoms with Crippen molar-refractivity contribution in [3.63, 3.8) is 0 Å². The van der Waals surface area contributed by atoms with Crippen LogP contribution in [0.25, 0.3) is 11.1 Å². The average molecular weight is 430 g/mol. The van der Waals surface area contributed by atoms with Crippen molar-refractivity contribution in [2.45, 2.75) is 24.5 Å². The molecule has 3 aromatic rings. The van der Waals surface area contributed by atoms with Crippen molar-refractivity contribution in [1.29, 1.82) is 0 Å². The summed E-state index contributed by atoms with van der Waals surface area (Å²) in [6, 6.07) is 24.4. The van der Waals surface area contributed by atoms with Crippen LogP contribution in [0.3, 0.4) is 0 Å². The molecule has 0 radical (unpaired) electrons. The summed E-state index contributed by atoms with van der Waals surface area (Å²) in [7, 11) is 3.54. The molecule has 1 unspecified atom stereocenters. The average Bonchev–Trinajstić information content (AvgIpc) is 2.80. The van der Waals surface area contributed by atoms with Crippen molar-refractivity contribution in [2.75, 3.05) is 27.2 Å². The number of rotatable bonds is 5. The molecule has 3 heterocycles. The fraction of sp³-hybridized carbons (Fsp3) is 0.296. The summed E-state index contributed by atoms with van der Waals surface area (Å²) in [6.07, 6.45) is 0. The highest BCUT2D eigenvalue weighted by Crippen LogP contribution is 2.38. The van der Waals surface area contributed by atoms with Gasteiger partial charge >= 0.3 is 0 Å². The van der Waals surface area contributed by atoms with Crippen LogP contribution < -0.4 is 5.32 Å². The van der Waals surface area contributed by atoms with Crippen LogP contribution in [0.5, 0.6) is 0 Å². The molecule has 1 N–H and O–H groups in total. The van der Waals surface area contributed by atoms with Gasteiger partial charge < -0.3 is 10.2 Å². The molecule has 3 aromatic carbocycles. The second kappa shape index (κ2) is 8.49. The Balaban J connectivity index is 1.27. The first-order chi connectivity index (χ1) is 15.5. The predicted molar refractivity (Wildman–Crippen MR) is 125 cm³/mol. The number of benzene rings is 3. The lowest BCUT2D eigenvalue weighted by molar-refractivity contribution is 0.0464. The van der Waals surface area contributed by atoms with E-state index < -0.39 is 0 Å². The first-order valence-corrected chi connectivity index (χ1v) is 11.1. The fourth-order valence-electron chi connectivity index (χ4n) is 5.06. The summed E-state index contributed by atoms with van der Waals surface area (Å²) >= 11 is 0. The molecule has 0 aromatic heterocycles. The van der Waals surface area contributed by atoms with Gasteiger partial charge in [-0.25, -0.2) is 4.39 Å². The Bertz CT molecular complexity index is 1120. The molecule has 3 aliphatic rings. The van der Waals surface area contributed by atoms with Gasteiger partial charge in [-0.2, -0.15) is 0 Å². The quantitative estimate of drug-likeness (QED) is 0.662. The normalized spacial score (nSPS) is 22.3. The number of hydrogen-bond donors (Lipinski definition) is 1. The molecule has 0 aliphatic carbocycles. The van der Waals surface area contributed by atoms with Gasteiger partial charge in [-0.1, -0.05) is 54.6 Å². The minimum atomic E-state index is -0.122. The van der Waals surface area contributed by atoms with Gasteiger partial charge in [0.25, 0.3) is 5.91 Å². The molecule has 5 heteroatoms. The zero-order valence-corrected chi connectivity index (χ0v) is 18.5. The number of fused-ring (bicyclic) bond motifs is 2. The number of nitrogens with zero attached hydrogens (tertiary/aromatic N) is 2. The number of carbonyl (C=O) groups is 1. The summed E-state index contributed by atoms with van der Waals surface area (Å²) in [5, 5.41) is 3.66. The molecule has 164 valence electrons. The highest BCUT2D eigenvalue weighted by molar-refractivity contribution is 5.95. The van der Waals surface area contributed by atoms with Crippen LogP contribution in [0.15, 0.2) is 72.8 Å². The molecule has 4 nitrogen and oxygen atoms in total. The predicted octanol–water partition coefficient (Wildman–Crippen LogP) is 4.13. The van der Waals surface area contributed by atoms with Crippen molar-refractivity contribution < 1.29 is 9.18 Å². The van der Waals surface area contributed by atoms with Gasteiger partial charge in [-0.15, -0.1) is 0 Å². The lowest BCUT2D eigenvalue weighted by Gasteiger charge is -2.55. The maximum atomic E-state index is 14.0. The lowest BCUT2D eigenvalue weighted by Crippen LogP contribution is -2.71. The third-order valence-corrected chi connectivity index (χ3v) is 6.70. The molecule has 32 heavy (non-hydrogen) atoms. The molecular formula is C27H28FN3O. The van der Waals surface area contributed by atoms with E-state index in [1.54, 1.807) is 25.1 Å². The Labute approximate surface area is 188 Å². The number of amides is 1. The van der Waals surface area contributed by atoms with Crippen LogP contribution in [-0.4, -0.2) is 55.0 Å². The molecule has 1 amide bonds. The van der Waals surface area contributed by atoms with Crippen molar-refractivity contribution >= 4 is 5.91 Å². The zero-order valence-electron chi connectivity index (χ0n) is 18.5. The first kappa shape index (κ1) is 20.9. The van der Waals surface area contributed by atoms with E-state index >= 15 is 0 Å². The molecular weight excluding hydrogens is 401 g/mol. The molecule has 3 fully saturated rings. The Morgan fingerprint density at radius 2 is 1.69 bits per heavy atom.